The minimum absolute atomic E-state index is 0.0154. The number of rotatable bonds is 9. The van der Waals surface area contributed by atoms with Crippen molar-refractivity contribution in [3.8, 4) is 11.5 Å². The maximum absolute atomic E-state index is 14.1. The van der Waals surface area contributed by atoms with Gasteiger partial charge in [0.15, 0.2) is 22.7 Å². The summed E-state index contributed by atoms with van der Waals surface area (Å²) in [5.41, 5.74) is 4.09. The number of carbonyl (C=O) groups is 2. The molecule has 1 aliphatic heterocycles. The number of carbonyl (C=O) groups excluding carboxylic acids is 2. The van der Waals surface area contributed by atoms with Gasteiger partial charge < -0.3 is 13.9 Å². The van der Waals surface area contributed by atoms with Gasteiger partial charge in [-0.3, -0.25) is 19.3 Å². The number of benzene rings is 3. The fourth-order valence-electron chi connectivity index (χ4n) is 5.15. The number of Topliss-reactive ketones (excluding diaryl/α,β-unsaturated/α-hetero) is 1. The van der Waals surface area contributed by atoms with Gasteiger partial charge in [0.05, 0.1) is 30.2 Å². The minimum atomic E-state index is -0.771. The standard InChI is InChI=1S/C34H35NO6/c1-7-39-29-18-24(10-13-27(29)40-15-14-19(2)3)31-30-32(37)26-16-20(4)21(5)17-28(26)41-33(30)34(38)35(31)25-11-8-23(9-12-25)22(6)36/h8-13,16-19,31H,7,14-15H2,1-6H3. The molecule has 0 spiro atoms. The summed E-state index contributed by atoms with van der Waals surface area (Å²) in [5, 5.41) is 0.428. The Kier molecular flexibility index (Phi) is 7.72. The topological polar surface area (TPSA) is 86.0 Å². The number of ether oxygens (including phenoxy) is 2. The highest BCUT2D eigenvalue weighted by molar-refractivity contribution is 6.11. The molecule has 4 aromatic rings. The summed E-state index contributed by atoms with van der Waals surface area (Å²) in [6.45, 7) is 12.5. The molecule has 3 aromatic carbocycles. The highest BCUT2D eigenvalue weighted by Gasteiger charge is 2.44. The molecule has 0 aliphatic carbocycles. The van der Waals surface area contributed by atoms with Crippen molar-refractivity contribution in [3.05, 3.63) is 98.4 Å². The first-order chi connectivity index (χ1) is 19.6. The number of amides is 1. The lowest BCUT2D eigenvalue weighted by Gasteiger charge is -2.26. The van der Waals surface area contributed by atoms with Crippen LogP contribution in [0.5, 0.6) is 11.5 Å². The Hall–Kier alpha value is -4.39. The van der Waals surface area contributed by atoms with Gasteiger partial charge in [-0.25, -0.2) is 0 Å². The van der Waals surface area contributed by atoms with Gasteiger partial charge in [0.2, 0.25) is 5.76 Å². The molecule has 5 rings (SSSR count). The largest absolute Gasteiger partial charge is 0.490 e. The molecule has 212 valence electrons. The number of ketones is 1. The lowest BCUT2D eigenvalue weighted by atomic mass is 9.96. The van der Waals surface area contributed by atoms with Gasteiger partial charge >= 0.3 is 0 Å². The summed E-state index contributed by atoms with van der Waals surface area (Å²) in [5.74, 6) is 1.16. The van der Waals surface area contributed by atoms with Crippen LogP contribution < -0.4 is 19.8 Å². The molecule has 7 heteroatoms. The fraction of sp³-hybridized carbons (Fsp3) is 0.324. The van der Waals surface area contributed by atoms with E-state index in [2.05, 4.69) is 13.8 Å². The second-order valence-electron chi connectivity index (χ2n) is 11.0. The van der Waals surface area contributed by atoms with E-state index in [1.807, 2.05) is 45.0 Å². The Morgan fingerprint density at radius 1 is 0.951 bits per heavy atom. The number of hydrogen-bond acceptors (Lipinski definition) is 6. The Bertz CT molecular complexity index is 1700. The predicted octanol–water partition coefficient (Wildman–Crippen LogP) is 7.19. The molecule has 0 N–H and O–H groups in total. The van der Waals surface area contributed by atoms with E-state index in [1.54, 1.807) is 35.2 Å². The molecule has 41 heavy (non-hydrogen) atoms. The van der Waals surface area contributed by atoms with Gasteiger partial charge in [-0.1, -0.05) is 19.9 Å². The van der Waals surface area contributed by atoms with E-state index < -0.39 is 11.9 Å². The first kappa shape index (κ1) is 28.1. The van der Waals surface area contributed by atoms with E-state index in [1.165, 1.54) is 6.92 Å². The molecule has 2 heterocycles. The Morgan fingerprint density at radius 3 is 2.32 bits per heavy atom. The van der Waals surface area contributed by atoms with Crippen LogP contribution in [-0.2, 0) is 0 Å². The van der Waals surface area contributed by atoms with E-state index >= 15 is 0 Å². The third kappa shape index (κ3) is 5.24. The first-order valence-electron chi connectivity index (χ1n) is 14.0. The van der Waals surface area contributed by atoms with Crippen molar-refractivity contribution < 1.29 is 23.5 Å². The molecule has 0 radical (unpaired) electrons. The number of aryl methyl sites for hydroxylation is 2. The van der Waals surface area contributed by atoms with Gasteiger partial charge in [0.1, 0.15) is 5.58 Å². The molecule has 0 fully saturated rings. The number of nitrogens with zero attached hydrogens (tertiary/aromatic N) is 1. The van der Waals surface area contributed by atoms with Gasteiger partial charge in [0.25, 0.3) is 5.91 Å². The first-order valence-corrected chi connectivity index (χ1v) is 14.0. The quantitative estimate of drug-likeness (QED) is 0.204. The highest BCUT2D eigenvalue weighted by Crippen LogP contribution is 2.43. The summed E-state index contributed by atoms with van der Waals surface area (Å²) < 4.78 is 18.2. The Labute approximate surface area is 239 Å². The normalized spacial score (nSPS) is 14.6. The van der Waals surface area contributed by atoms with Crippen molar-refractivity contribution in [2.75, 3.05) is 18.1 Å². The molecule has 1 amide bonds. The summed E-state index contributed by atoms with van der Waals surface area (Å²) in [7, 11) is 0. The molecule has 0 saturated heterocycles. The molecule has 1 aliphatic rings. The molecular formula is C34H35NO6. The zero-order chi connectivity index (χ0) is 29.4. The van der Waals surface area contributed by atoms with Crippen LogP contribution in [0.3, 0.4) is 0 Å². The molecular weight excluding hydrogens is 518 g/mol. The molecule has 7 nitrogen and oxygen atoms in total. The van der Waals surface area contributed by atoms with Crippen LogP contribution in [0.4, 0.5) is 5.69 Å². The van der Waals surface area contributed by atoms with Crippen LogP contribution >= 0.6 is 0 Å². The van der Waals surface area contributed by atoms with Crippen molar-refractivity contribution in [1.82, 2.24) is 0 Å². The van der Waals surface area contributed by atoms with Gasteiger partial charge in [-0.2, -0.15) is 0 Å². The average molecular weight is 554 g/mol. The van der Waals surface area contributed by atoms with Crippen LogP contribution in [0.2, 0.25) is 0 Å². The van der Waals surface area contributed by atoms with Gasteiger partial charge in [-0.15, -0.1) is 0 Å². The maximum atomic E-state index is 14.1. The van der Waals surface area contributed by atoms with Crippen LogP contribution in [-0.4, -0.2) is 24.9 Å². The monoisotopic (exact) mass is 553 g/mol. The lowest BCUT2D eigenvalue weighted by molar-refractivity contribution is 0.0970. The smallest absolute Gasteiger partial charge is 0.295 e. The SMILES string of the molecule is CCOc1cc(C2c3c(oc4cc(C)c(C)cc4c3=O)C(=O)N2c2ccc(C(C)=O)cc2)ccc1OCCC(C)C. The van der Waals surface area contributed by atoms with Crippen LogP contribution in [0.25, 0.3) is 11.0 Å². The third-order valence-corrected chi connectivity index (χ3v) is 7.57. The third-order valence-electron chi connectivity index (χ3n) is 7.57. The zero-order valence-electron chi connectivity index (χ0n) is 24.4. The van der Waals surface area contributed by atoms with Crippen LogP contribution in [0, 0.1) is 19.8 Å². The number of fused-ring (bicyclic) bond motifs is 2. The zero-order valence-corrected chi connectivity index (χ0v) is 24.4. The molecule has 1 unspecified atom stereocenters. The van der Waals surface area contributed by atoms with Gasteiger partial charge in [-0.05, 0) is 105 Å². The maximum Gasteiger partial charge on any atom is 0.295 e. The Morgan fingerprint density at radius 2 is 1.66 bits per heavy atom. The van der Waals surface area contributed by atoms with Crippen LogP contribution in [0.15, 0.2) is 63.8 Å². The van der Waals surface area contributed by atoms with Gasteiger partial charge in [0, 0.05) is 11.3 Å². The number of hydrogen-bond donors (Lipinski definition) is 0. The van der Waals surface area contributed by atoms with Crippen molar-refractivity contribution in [1.29, 1.82) is 0 Å². The van der Waals surface area contributed by atoms with Crippen molar-refractivity contribution >= 4 is 28.3 Å². The van der Waals surface area contributed by atoms with Crippen molar-refractivity contribution in [2.45, 2.75) is 54.0 Å². The summed E-state index contributed by atoms with van der Waals surface area (Å²) >= 11 is 0. The van der Waals surface area contributed by atoms with E-state index in [-0.39, 0.29) is 22.5 Å². The Balaban J connectivity index is 1.70. The van der Waals surface area contributed by atoms with E-state index in [9.17, 15) is 14.4 Å². The fourth-order valence-corrected chi connectivity index (χ4v) is 5.15. The van der Waals surface area contributed by atoms with E-state index in [0.717, 1.165) is 17.5 Å². The summed E-state index contributed by atoms with van der Waals surface area (Å²) in [4.78, 5) is 41.6. The predicted molar refractivity (Wildman–Crippen MR) is 160 cm³/mol. The molecule has 1 aromatic heterocycles. The summed E-state index contributed by atoms with van der Waals surface area (Å²) in [6.07, 6.45) is 0.898. The van der Waals surface area contributed by atoms with E-state index in [4.69, 9.17) is 13.9 Å². The second-order valence-corrected chi connectivity index (χ2v) is 11.0. The summed E-state index contributed by atoms with van der Waals surface area (Å²) in [6, 6.07) is 15.2. The van der Waals surface area contributed by atoms with Crippen molar-refractivity contribution in [3.63, 3.8) is 0 Å². The molecule has 0 bridgehead atoms. The van der Waals surface area contributed by atoms with E-state index in [0.29, 0.717) is 58.4 Å². The minimum Gasteiger partial charge on any atom is -0.490 e. The lowest BCUT2D eigenvalue weighted by Crippen LogP contribution is -2.29. The second kappa shape index (κ2) is 11.2. The number of anilines is 1. The highest BCUT2D eigenvalue weighted by atomic mass is 16.5. The van der Waals surface area contributed by atoms with Crippen LogP contribution in [0.1, 0.15) is 83.3 Å². The average Bonchev–Trinajstić information content (AvgIpc) is 3.23. The molecule has 1 atom stereocenters. The van der Waals surface area contributed by atoms with Crippen molar-refractivity contribution in [2.24, 2.45) is 5.92 Å². The molecule has 0 saturated carbocycles.